The Kier molecular flexibility index (Phi) is 5.87. The van der Waals surface area contributed by atoms with E-state index in [9.17, 15) is 0 Å². The third-order valence-electron chi connectivity index (χ3n) is 9.54. The van der Waals surface area contributed by atoms with Crippen molar-refractivity contribution in [3.05, 3.63) is 175 Å². The summed E-state index contributed by atoms with van der Waals surface area (Å²) in [5, 5.41) is 10.9. The van der Waals surface area contributed by atoms with E-state index in [4.69, 9.17) is 9.98 Å². The van der Waals surface area contributed by atoms with Crippen molar-refractivity contribution in [1.29, 1.82) is 0 Å². The van der Waals surface area contributed by atoms with E-state index >= 15 is 0 Å². The lowest BCUT2D eigenvalue weighted by atomic mass is 9.98. The Morgan fingerprint density at radius 1 is 0.417 bits per heavy atom. The summed E-state index contributed by atoms with van der Waals surface area (Å²) in [4.78, 5) is 10.8. The molecule has 1 aliphatic heterocycles. The van der Waals surface area contributed by atoms with Crippen molar-refractivity contribution >= 4 is 66.1 Å². The van der Waals surface area contributed by atoms with Crippen LogP contribution in [-0.4, -0.2) is 20.8 Å². The highest BCUT2D eigenvalue weighted by Gasteiger charge is 2.28. The third kappa shape index (κ3) is 3.91. The smallest absolute Gasteiger partial charge is 0.225 e. The van der Waals surface area contributed by atoms with Crippen LogP contribution in [0.1, 0.15) is 17.4 Å². The maximum atomic E-state index is 5.39. The van der Waals surface area contributed by atoms with Crippen LogP contribution in [0.2, 0.25) is 0 Å². The van der Waals surface area contributed by atoms with Gasteiger partial charge in [-0.3, -0.25) is 4.57 Å². The van der Waals surface area contributed by atoms with Crippen LogP contribution in [-0.2, 0) is 0 Å². The molecule has 0 radical (unpaired) electrons. The Morgan fingerprint density at radius 2 is 0.854 bits per heavy atom. The number of para-hydroxylation sites is 3. The lowest BCUT2D eigenvalue weighted by Crippen LogP contribution is -2.36. The van der Waals surface area contributed by atoms with Crippen LogP contribution in [0.25, 0.3) is 60.1 Å². The summed E-state index contributed by atoms with van der Waals surface area (Å²) in [7, 11) is 0. The fraction of sp³-hybridized carbons (Fsp3) is 0.0233. The van der Waals surface area contributed by atoms with Crippen molar-refractivity contribution in [3.63, 3.8) is 0 Å². The van der Waals surface area contributed by atoms with Crippen molar-refractivity contribution in [3.8, 4) is 5.69 Å². The van der Waals surface area contributed by atoms with Gasteiger partial charge in [0.15, 0.2) is 0 Å². The van der Waals surface area contributed by atoms with Gasteiger partial charge in [0.25, 0.3) is 0 Å². The minimum absolute atomic E-state index is 0.564. The number of nitrogens with one attached hydrogen (secondary N) is 1. The Bertz CT molecular complexity index is 2680. The highest BCUT2D eigenvalue weighted by Crippen LogP contribution is 2.47. The molecule has 0 unspecified atom stereocenters. The van der Waals surface area contributed by atoms with Gasteiger partial charge >= 0.3 is 0 Å². The van der Waals surface area contributed by atoms with Gasteiger partial charge in [-0.05, 0) is 35.0 Å². The molecule has 5 nitrogen and oxygen atoms in total. The average molecular weight is 616 g/mol. The van der Waals surface area contributed by atoms with Crippen molar-refractivity contribution in [2.45, 2.75) is 6.29 Å². The zero-order valence-electron chi connectivity index (χ0n) is 26.0. The molecule has 1 aliphatic rings. The summed E-state index contributed by atoms with van der Waals surface area (Å²) in [6.45, 7) is 0. The molecule has 10 rings (SSSR count). The molecule has 226 valence electrons. The van der Waals surface area contributed by atoms with Gasteiger partial charge in [-0.2, -0.15) is 0 Å². The Balaban J connectivity index is 1.42. The number of hydrogen-bond donors (Lipinski definition) is 1. The number of rotatable bonds is 4. The molecule has 0 bridgehead atoms. The van der Waals surface area contributed by atoms with E-state index in [1.165, 1.54) is 37.8 Å². The minimum atomic E-state index is -0.564. The summed E-state index contributed by atoms with van der Waals surface area (Å²) in [5.41, 5.74) is 7.67. The van der Waals surface area contributed by atoms with E-state index in [2.05, 4.69) is 166 Å². The maximum absolute atomic E-state index is 5.39. The molecule has 0 amide bonds. The number of fused-ring (bicyclic) bond motifs is 10. The second kappa shape index (κ2) is 10.5. The Hall–Kier alpha value is -6.46. The van der Waals surface area contributed by atoms with Crippen LogP contribution in [0.3, 0.4) is 0 Å². The summed E-state index contributed by atoms with van der Waals surface area (Å²) in [6.07, 6.45) is -0.564. The Morgan fingerprint density at radius 3 is 1.44 bits per heavy atom. The molecule has 2 aromatic heterocycles. The highest BCUT2D eigenvalue weighted by atomic mass is 15.3. The summed E-state index contributed by atoms with van der Waals surface area (Å²) in [6, 6.07) is 57.7. The summed E-state index contributed by atoms with van der Waals surface area (Å²) >= 11 is 0. The first-order valence-electron chi connectivity index (χ1n) is 16.3. The standard InChI is InChI=1S/C43H29N5/c1-4-16-28(17-5-1)41-44-42(29-18-6-2-7-19-29)46-43(45-41)48-36-27-15-13-25-34(36)38-32-23-11-10-22-31(32)37-33-24-12-14-26-35(33)47(39(37)40(38)48)30-20-8-3-9-21-30/h1-27,43H,(H,44,45,46). The fourth-order valence-corrected chi connectivity index (χ4v) is 7.55. The number of nitrogens with zero attached hydrogens (tertiary/aromatic N) is 4. The normalized spacial score (nSPS) is 13.8. The number of hydrogen-bond acceptors (Lipinski definition) is 3. The lowest BCUT2D eigenvalue weighted by molar-refractivity contribution is 0.576. The molecule has 48 heavy (non-hydrogen) atoms. The second-order valence-corrected chi connectivity index (χ2v) is 12.2. The monoisotopic (exact) mass is 615 g/mol. The van der Waals surface area contributed by atoms with Crippen molar-refractivity contribution in [2.75, 3.05) is 0 Å². The molecular formula is C43H29N5. The summed E-state index contributed by atoms with van der Waals surface area (Å²) in [5.74, 6) is 1.59. The van der Waals surface area contributed by atoms with Crippen LogP contribution < -0.4 is 5.32 Å². The first-order valence-corrected chi connectivity index (χ1v) is 16.3. The SMILES string of the molecule is c1ccc(C2=NC(n3c4ccccc4c4c5ccccc5c5c6ccccc6n(-c6ccccc6)c5c43)N=C(c3ccccc3)N2)cc1. The van der Waals surface area contributed by atoms with E-state index in [-0.39, 0.29) is 0 Å². The zero-order chi connectivity index (χ0) is 31.6. The quantitative estimate of drug-likeness (QED) is 0.210. The highest BCUT2D eigenvalue weighted by molar-refractivity contribution is 6.36. The maximum Gasteiger partial charge on any atom is 0.225 e. The van der Waals surface area contributed by atoms with Gasteiger partial charge in [0.1, 0.15) is 11.7 Å². The minimum Gasteiger partial charge on any atom is -0.324 e. The van der Waals surface area contributed by atoms with Crippen molar-refractivity contribution < 1.29 is 0 Å². The molecule has 5 heteroatoms. The summed E-state index contributed by atoms with van der Waals surface area (Å²) < 4.78 is 4.80. The molecule has 0 atom stereocenters. The largest absolute Gasteiger partial charge is 0.324 e. The van der Waals surface area contributed by atoms with Crippen LogP contribution >= 0.6 is 0 Å². The Labute approximate surface area is 276 Å². The molecule has 1 N–H and O–H groups in total. The van der Waals surface area contributed by atoms with Crippen molar-refractivity contribution in [1.82, 2.24) is 14.5 Å². The zero-order valence-corrected chi connectivity index (χ0v) is 26.0. The first-order chi connectivity index (χ1) is 23.8. The van der Waals surface area contributed by atoms with Gasteiger partial charge in [-0.15, -0.1) is 0 Å². The van der Waals surface area contributed by atoms with Crippen LogP contribution in [0, 0.1) is 0 Å². The third-order valence-corrected chi connectivity index (χ3v) is 9.54. The van der Waals surface area contributed by atoms with Crippen LogP contribution in [0.15, 0.2) is 174 Å². The molecule has 0 saturated carbocycles. The molecule has 7 aromatic carbocycles. The van der Waals surface area contributed by atoms with Gasteiger partial charge < -0.3 is 9.88 Å². The number of aliphatic imine (C=N–C) groups is 2. The number of amidine groups is 2. The predicted octanol–water partition coefficient (Wildman–Crippen LogP) is 10.00. The van der Waals surface area contributed by atoms with E-state index in [0.717, 1.165) is 45.0 Å². The fourth-order valence-electron chi connectivity index (χ4n) is 7.55. The molecule has 0 saturated heterocycles. The van der Waals surface area contributed by atoms with E-state index in [1.807, 2.05) is 12.1 Å². The van der Waals surface area contributed by atoms with Gasteiger partial charge in [0.05, 0.1) is 22.1 Å². The van der Waals surface area contributed by atoms with Crippen molar-refractivity contribution in [2.24, 2.45) is 9.98 Å². The predicted molar refractivity (Wildman–Crippen MR) is 199 cm³/mol. The van der Waals surface area contributed by atoms with E-state index in [1.54, 1.807) is 0 Å². The molecule has 0 fully saturated rings. The van der Waals surface area contributed by atoms with Gasteiger partial charge in [-0.1, -0.05) is 140 Å². The number of aromatic nitrogens is 2. The number of benzene rings is 7. The average Bonchev–Trinajstić information content (AvgIpc) is 3.70. The molecule has 0 spiro atoms. The van der Waals surface area contributed by atoms with Gasteiger partial charge in [0.2, 0.25) is 6.29 Å². The second-order valence-electron chi connectivity index (χ2n) is 12.2. The van der Waals surface area contributed by atoms with Gasteiger partial charge in [-0.25, -0.2) is 9.98 Å². The van der Waals surface area contributed by atoms with Crippen LogP contribution in [0.5, 0.6) is 0 Å². The molecular weight excluding hydrogens is 587 g/mol. The lowest BCUT2D eigenvalue weighted by Gasteiger charge is -2.24. The molecule has 9 aromatic rings. The molecule has 3 heterocycles. The van der Waals surface area contributed by atoms with E-state index in [0.29, 0.717) is 0 Å². The van der Waals surface area contributed by atoms with Crippen LogP contribution in [0.4, 0.5) is 0 Å². The topological polar surface area (TPSA) is 46.6 Å². The van der Waals surface area contributed by atoms with E-state index < -0.39 is 6.29 Å². The van der Waals surface area contributed by atoms with Gasteiger partial charge in [0, 0.05) is 38.4 Å². The first kappa shape index (κ1) is 26.7. The molecule has 0 aliphatic carbocycles.